The smallest absolute Gasteiger partial charge is 0.270 e. The number of nitrogens with one attached hydrogen (secondary N) is 1. The highest BCUT2D eigenvalue weighted by molar-refractivity contribution is 5.81. The Morgan fingerprint density at radius 2 is 2.14 bits per heavy atom. The molecule has 0 fully saturated rings. The Labute approximate surface area is 41.7 Å². The van der Waals surface area contributed by atoms with Crippen LogP contribution in [-0.4, -0.2) is 5.91 Å². The Bertz CT molecular complexity index is 85.9. The maximum atomic E-state index is 9.77. The fourth-order valence-electron chi connectivity index (χ4n) is 0.156. The van der Waals surface area contributed by atoms with Gasteiger partial charge in [0, 0.05) is 0 Å². The first-order valence-electron chi connectivity index (χ1n) is 1.62. The quantitative estimate of drug-likeness (QED) is 0.360. The summed E-state index contributed by atoms with van der Waals surface area (Å²) < 4.78 is 0. The zero-order valence-corrected chi connectivity index (χ0v) is 3.73. The molecule has 0 saturated heterocycles. The van der Waals surface area contributed by atoms with Crippen LogP contribution in [0.1, 0.15) is 0 Å². The van der Waals surface area contributed by atoms with Crippen molar-refractivity contribution < 1.29 is 9.90 Å². The fourth-order valence-corrected chi connectivity index (χ4v) is 0.156. The number of hydrogen-bond donors (Lipinski definition) is 1. The molecule has 0 bridgehead atoms. The van der Waals surface area contributed by atoms with E-state index in [-0.39, 0.29) is 0 Å². The van der Waals surface area contributed by atoms with Crippen LogP contribution in [0.3, 0.4) is 0 Å². The van der Waals surface area contributed by atoms with Crippen molar-refractivity contribution in [3.05, 3.63) is 19.4 Å². The molecule has 3 nitrogen and oxygen atoms in total. The molecule has 0 atom stereocenters. The summed E-state index contributed by atoms with van der Waals surface area (Å²) in [6.07, 6.45) is 0. The first-order chi connectivity index (χ1) is 3.13. The Hall–Kier alpha value is -1.12. The molecule has 0 aromatic carbocycles. The maximum absolute atomic E-state index is 9.77. The summed E-state index contributed by atoms with van der Waals surface area (Å²) in [5, 5.41) is 11.6. The highest BCUT2D eigenvalue weighted by atomic mass is 16.3. The van der Waals surface area contributed by atoms with E-state index in [1.54, 1.807) is 5.32 Å². The largest absolute Gasteiger partial charge is 0.406 e. The van der Waals surface area contributed by atoms with Gasteiger partial charge in [-0.3, -0.25) is 10.4 Å². The normalized spacial score (nSPS) is 7.43. The summed E-state index contributed by atoms with van der Waals surface area (Å²) in [6, 6.07) is 0. The fraction of sp³-hybridized carbons (Fsp3) is 0. The van der Waals surface area contributed by atoms with Crippen molar-refractivity contribution in [3.63, 3.8) is 0 Å². The molecule has 1 N–H and O–H groups in total. The van der Waals surface area contributed by atoms with E-state index in [2.05, 4.69) is 13.5 Å². The summed E-state index contributed by atoms with van der Waals surface area (Å²) in [4.78, 5) is 9.77. The maximum Gasteiger partial charge on any atom is 0.406 e. The highest BCUT2D eigenvalue weighted by Gasteiger charge is 1.98. The first kappa shape index (κ1) is 5.88. The van der Waals surface area contributed by atoms with Gasteiger partial charge in [0.05, 0.1) is 0 Å². The average molecular weight is 99.1 g/mol. The molecule has 7 heavy (non-hydrogen) atoms. The first-order valence-corrected chi connectivity index (χ1v) is 1.62. The predicted octanol–water partition coefficient (Wildman–Crippen LogP) is -0.162. The van der Waals surface area contributed by atoms with Crippen molar-refractivity contribution in [2.75, 3.05) is 0 Å². The molecule has 37 valence electrons. The molecule has 0 aliphatic carbocycles. The molecule has 0 spiro atoms. The van der Waals surface area contributed by atoms with Crippen molar-refractivity contribution in [2.24, 2.45) is 0 Å². The number of rotatable bonds is 1. The van der Waals surface area contributed by atoms with Crippen molar-refractivity contribution >= 4 is 5.91 Å². The minimum absolute atomic E-state index is 0.625. The van der Waals surface area contributed by atoms with Crippen LogP contribution in [-0.2, 0) is 9.90 Å². The van der Waals surface area contributed by atoms with Crippen LogP contribution in [0, 0.1) is 6.92 Å². The molecule has 1 radical (unpaired) electrons. The van der Waals surface area contributed by atoms with Crippen LogP contribution >= 0.6 is 0 Å². The van der Waals surface area contributed by atoms with Gasteiger partial charge in [-0.15, -0.1) is 0 Å². The molecule has 3 heteroatoms. The van der Waals surface area contributed by atoms with E-state index in [0.717, 1.165) is 0 Å². The van der Waals surface area contributed by atoms with E-state index < -0.39 is 11.8 Å². The van der Waals surface area contributed by atoms with Crippen molar-refractivity contribution in [1.29, 1.82) is 0 Å². The lowest BCUT2D eigenvalue weighted by Gasteiger charge is -1.83. The summed E-state index contributed by atoms with van der Waals surface area (Å²) >= 11 is 0. The van der Waals surface area contributed by atoms with E-state index in [4.69, 9.17) is 0 Å². The Morgan fingerprint density at radius 3 is 2.14 bits per heavy atom. The lowest BCUT2D eigenvalue weighted by Crippen LogP contribution is -2.16. The van der Waals surface area contributed by atoms with Gasteiger partial charge < -0.3 is 0 Å². The minimum Gasteiger partial charge on any atom is -0.270 e. The van der Waals surface area contributed by atoms with Gasteiger partial charge in [0.25, 0.3) is 0 Å². The lowest BCUT2D eigenvalue weighted by atomic mass is 10.7. The number of amides is 1. The second-order valence-electron chi connectivity index (χ2n) is 0.971. The molecule has 0 unspecified atom stereocenters. The van der Waals surface area contributed by atoms with E-state index in [1.165, 1.54) is 0 Å². The number of hydrogen-bond acceptors (Lipinski definition) is 1. The van der Waals surface area contributed by atoms with E-state index in [9.17, 15) is 9.90 Å². The van der Waals surface area contributed by atoms with Crippen molar-refractivity contribution in [2.45, 2.75) is 0 Å². The van der Waals surface area contributed by atoms with Crippen LogP contribution in [0.25, 0.3) is 0 Å². The van der Waals surface area contributed by atoms with Crippen LogP contribution in [0.5, 0.6) is 0 Å². The second kappa shape index (κ2) is 2.12. The molecule has 0 saturated carbocycles. The third-order valence-electron chi connectivity index (χ3n) is 0.279. The monoisotopic (exact) mass is 99.0 g/mol. The molecule has 1 amide bonds. The van der Waals surface area contributed by atoms with Crippen LogP contribution in [0.15, 0.2) is 12.5 Å². The van der Waals surface area contributed by atoms with Crippen molar-refractivity contribution in [1.82, 2.24) is 5.32 Å². The predicted molar refractivity (Wildman–Crippen MR) is 23.3 cm³/mol. The number of carbonyl (C=O) groups is 1. The standard InChI is InChI=1S/C4H4NO2/c1-3(6)5-4(2)7/h1-2H2/p+1. The number of carbonyl (C=O) groups excluding carboxylic acids is 1. The van der Waals surface area contributed by atoms with E-state index in [1.807, 2.05) is 0 Å². The summed E-state index contributed by atoms with van der Waals surface area (Å²) in [5.41, 5.74) is 0. The minimum atomic E-state index is -0.625. The van der Waals surface area contributed by atoms with Crippen LogP contribution < -0.4 is 5.32 Å². The third-order valence-corrected chi connectivity index (χ3v) is 0.279. The SMILES string of the molecule is C=C([O])NC([CH2+])=O. The van der Waals surface area contributed by atoms with Gasteiger partial charge in [0.2, 0.25) is 5.88 Å². The Kier molecular flexibility index (Phi) is 1.78. The molecule has 0 heterocycles. The molecule has 0 rings (SSSR count). The molecule has 0 aliphatic heterocycles. The molecule has 0 aromatic heterocycles. The van der Waals surface area contributed by atoms with Crippen LogP contribution in [0.2, 0.25) is 0 Å². The Morgan fingerprint density at radius 1 is 1.71 bits per heavy atom. The zero-order chi connectivity index (χ0) is 5.86. The van der Waals surface area contributed by atoms with Gasteiger partial charge in [0.15, 0.2) is 6.92 Å². The topological polar surface area (TPSA) is 49.0 Å². The molecular formula is C4H5NO2+. The Balaban J connectivity index is 3.32. The lowest BCUT2D eigenvalue weighted by molar-refractivity contribution is -0.116. The van der Waals surface area contributed by atoms with Crippen LogP contribution in [0.4, 0.5) is 0 Å². The van der Waals surface area contributed by atoms with Gasteiger partial charge in [0.1, 0.15) is 0 Å². The third kappa shape index (κ3) is 4.88. The summed E-state index contributed by atoms with van der Waals surface area (Å²) in [5.74, 6) is -1.25. The van der Waals surface area contributed by atoms with E-state index in [0.29, 0.717) is 0 Å². The van der Waals surface area contributed by atoms with E-state index >= 15 is 0 Å². The van der Waals surface area contributed by atoms with Gasteiger partial charge >= 0.3 is 5.91 Å². The van der Waals surface area contributed by atoms with Gasteiger partial charge in [-0.25, -0.2) is 4.79 Å². The van der Waals surface area contributed by atoms with Gasteiger partial charge in [-0.2, -0.15) is 0 Å². The van der Waals surface area contributed by atoms with Gasteiger partial charge in [-0.05, 0) is 6.58 Å². The van der Waals surface area contributed by atoms with Gasteiger partial charge in [-0.1, -0.05) is 0 Å². The molecular weight excluding hydrogens is 94.0 g/mol. The molecule has 0 aromatic rings. The summed E-state index contributed by atoms with van der Waals surface area (Å²) in [6.45, 7) is 5.74. The summed E-state index contributed by atoms with van der Waals surface area (Å²) in [7, 11) is 0. The zero-order valence-electron chi connectivity index (χ0n) is 3.73. The second-order valence-corrected chi connectivity index (χ2v) is 0.971. The molecule has 0 aliphatic rings. The highest BCUT2D eigenvalue weighted by Crippen LogP contribution is 1.70. The average Bonchev–Trinajstić information content (AvgIpc) is 1.27. The van der Waals surface area contributed by atoms with Crippen molar-refractivity contribution in [3.8, 4) is 0 Å².